The number of hydrogen-bond donors (Lipinski definition) is 1. The summed E-state index contributed by atoms with van der Waals surface area (Å²) in [6, 6.07) is 19.9. The van der Waals surface area contributed by atoms with Gasteiger partial charge in [0.15, 0.2) is 0 Å². The van der Waals surface area contributed by atoms with E-state index in [4.69, 9.17) is 4.74 Å². The Bertz CT molecular complexity index is 760. The largest absolute Gasteiger partial charge is 0.497 e. The van der Waals surface area contributed by atoms with Crippen LogP contribution >= 0.6 is 0 Å². The summed E-state index contributed by atoms with van der Waals surface area (Å²) < 4.78 is 5.17. The SMILES string of the molecule is COc1ccc([C@H](O)c2c(C)ccc3ccccc23)cc1. The fourth-order valence-corrected chi connectivity index (χ4v) is 2.72. The van der Waals surface area contributed by atoms with Crippen LogP contribution in [0.2, 0.25) is 0 Å². The van der Waals surface area contributed by atoms with Crippen molar-refractivity contribution in [3.05, 3.63) is 77.4 Å². The number of hydrogen-bond acceptors (Lipinski definition) is 2. The first-order valence-corrected chi connectivity index (χ1v) is 7.01. The Morgan fingerprint density at radius 1 is 0.905 bits per heavy atom. The maximum Gasteiger partial charge on any atom is 0.118 e. The third-order valence-corrected chi connectivity index (χ3v) is 3.89. The van der Waals surface area contributed by atoms with Gasteiger partial charge in [0.25, 0.3) is 0 Å². The van der Waals surface area contributed by atoms with Crippen molar-refractivity contribution < 1.29 is 9.84 Å². The minimum atomic E-state index is -0.637. The van der Waals surface area contributed by atoms with E-state index in [9.17, 15) is 5.11 Å². The number of aryl methyl sites for hydroxylation is 1. The van der Waals surface area contributed by atoms with Crippen LogP contribution < -0.4 is 4.74 Å². The summed E-state index contributed by atoms with van der Waals surface area (Å²) in [6.07, 6.45) is -0.637. The van der Waals surface area contributed by atoms with Gasteiger partial charge in [-0.25, -0.2) is 0 Å². The van der Waals surface area contributed by atoms with Crippen molar-refractivity contribution in [3.8, 4) is 5.75 Å². The molecule has 0 saturated carbocycles. The molecule has 0 aliphatic heterocycles. The molecule has 0 bridgehead atoms. The fourth-order valence-electron chi connectivity index (χ4n) is 2.72. The van der Waals surface area contributed by atoms with Crippen LogP contribution in [0, 0.1) is 6.92 Å². The van der Waals surface area contributed by atoms with E-state index in [-0.39, 0.29) is 0 Å². The molecule has 106 valence electrons. The Morgan fingerprint density at radius 3 is 2.33 bits per heavy atom. The van der Waals surface area contributed by atoms with Crippen LogP contribution in [0.4, 0.5) is 0 Å². The average Bonchev–Trinajstić information content (AvgIpc) is 2.54. The van der Waals surface area contributed by atoms with Gasteiger partial charge in [0.1, 0.15) is 11.9 Å². The monoisotopic (exact) mass is 278 g/mol. The number of methoxy groups -OCH3 is 1. The van der Waals surface area contributed by atoms with Crippen LogP contribution in [0.1, 0.15) is 22.8 Å². The minimum Gasteiger partial charge on any atom is -0.497 e. The quantitative estimate of drug-likeness (QED) is 0.776. The molecule has 0 spiro atoms. The molecule has 0 aliphatic carbocycles. The van der Waals surface area contributed by atoms with Gasteiger partial charge in [-0.2, -0.15) is 0 Å². The molecule has 0 heterocycles. The second kappa shape index (κ2) is 5.58. The van der Waals surface area contributed by atoms with Crippen molar-refractivity contribution in [3.63, 3.8) is 0 Å². The minimum absolute atomic E-state index is 0.637. The first kappa shape index (κ1) is 13.7. The van der Waals surface area contributed by atoms with Crippen molar-refractivity contribution in [2.75, 3.05) is 7.11 Å². The summed E-state index contributed by atoms with van der Waals surface area (Å²) in [5.41, 5.74) is 2.94. The zero-order valence-corrected chi connectivity index (χ0v) is 12.2. The lowest BCUT2D eigenvalue weighted by atomic mass is 9.92. The Labute approximate surface area is 124 Å². The van der Waals surface area contributed by atoms with E-state index in [0.29, 0.717) is 0 Å². The lowest BCUT2D eigenvalue weighted by Crippen LogP contribution is -2.03. The number of aliphatic hydroxyl groups is 1. The number of rotatable bonds is 3. The van der Waals surface area contributed by atoms with E-state index in [1.54, 1.807) is 7.11 Å². The molecule has 1 N–H and O–H groups in total. The van der Waals surface area contributed by atoms with Crippen LogP contribution in [-0.2, 0) is 0 Å². The highest BCUT2D eigenvalue weighted by molar-refractivity contribution is 5.87. The molecule has 0 radical (unpaired) electrons. The van der Waals surface area contributed by atoms with E-state index in [1.165, 1.54) is 0 Å². The Hall–Kier alpha value is -2.32. The Balaban J connectivity index is 2.12. The molecule has 0 saturated heterocycles. The summed E-state index contributed by atoms with van der Waals surface area (Å²) in [7, 11) is 1.64. The molecule has 0 aromatic heterocycles. The molecule has 0 aliphatic rings. The topological polar surface area (TPSA) is 29.5 Å². The van der Waals surface area contributed by atoms with Crippen molar-refractivity contribution in [2.24, 2.45) is 0 Å². The number of benzene rings is 3. The number of aliphatic hydroxyl groups excluding tert-OH is 1. The molecule has 1 atom stereocenters. The predicted octanol–water partition coefficient (Wildman–Crippen LogP) is 4.24. The van der Waals surface area contributed by atoms with Gasteiger partial charge in [0.05, 0.1) is 7.11 Å². The lowest BCUT2D eigenvalue weighted by Gasteiger charge is -2.17. The average molecular weight is 278 g/mol. The van der Waals surface area contributed by atoms with E-state index in [1.807, 2.05) is 43.3 Å². The van der Waals surface area contributed by atoms with Gasteiger partial charge in [-0.1, -0.05) is 48.5 Å². The zero-order valence-electron chi connectivity index (χ0n) is 12.2. The maximum absolute atomic E-state index is 10.8. The summed E-state index contributed by atoms with van der Waals surface area (Å²) in [5.74, 6) is 0.792. The van der Waals surface area contributed by atoms with Crippen LogP contribution in [-0.4, -0.2) is 12.2 Å². The molecule has 3 rings (SSSR count). The first-order chi connectivity index (χ1) is 10.2. The van der Waals surface area contributed by atoms with E-state index in [2.05, 4.69) is 24.3 Å². The molecule has 0 unspecified atom stereocenters. The molecule has 21 heavy (non-hydrogen) atoms. The predicted molar refractivity (Wildman–Crippen MR) is 85.7 cm³/mol. The van der Waals surface area contributed by atoms with E-state index < -0.39 is 6.10 Å². The third kappa shape index (κ3) is 2.50. The summed E-state index contributed by atoms with van der Waals surface area (Å²) in [4.78, 5) is 0. The second-order valence-corrected chi connectivity index (χ2v) is 5.19. The standard InChI is InChI=1S/C19H18O2/c1-13-7-8-14-5-3-4-6-17(14)18(13)19(20)15-9-11-16(21-2)12-10-15/h3-12,19-20H,1-2H3/t19-/m0/s1. The molecule has 2 nitrogen and oxygen atoms in total. The highest BCUT2D eigenvalue weighted by Gasteiger charge is 2.16. The normalized spacial score (nSPS) is 12.3. The van der Waals surface area contributed by atoms with Gasteiger partial charge in [0.2, 0.25) is 0 Å². The summed E-state index contributed by atoms with van der Waals surface area (Å²) in [5, 5.41) is 13.0. The number of ether oxygens (including phenoxy) is 1. The summed E-state index contributed by atoms with van der Waals surface area (Å²) >= 11 is 0. The van der Waals surface area contributed by atoms with Crippen molar-refractivity contribution in [1.29, 1.82) is 0 Å². The first-order valence-electron chi connectivity index (χ1n) is 7.01. The van der Waals surface area contributed by atoms with Gasteiger partial charge in [-0.05, 0) is 46.5 Å². The van der Waals surface area contributed by atoms with E-state index in [0.717, 1.165) is 33.2 Å². The molecule has 0 fully saturated rings. The van der Waals surface area contributed by atoms with Gasteiger partial charge >= 0.3 is 0 Å². The van der Waals surface area contributed by atoms with Crippen molar-refractivity contribution >= 4 is 10.8 Å². The fraction of sp³-hybridized carbons (Fsp3) is 0.158. The number of fused-ring (bicyclic) bond motifs is 1. The van der Waals surface area contributed by atoms with Crippen LogP contribution in [0.25, 0.3) is 10.8 Å². The lowest BCUT2D eigenvalue weighted by molar-refractivity contribution is 0.221. The highest BCUT2D eigenvalue weighted by atomic mass is 16.5. The Morgan fingerprint density at radius 2 is 1.62 bits per heavy atom. The smallest absolute Gasteiger partial charge is 0.118 e. The highest BCUT2D eigenvalue weighted by Crippen LogP contribution is 2.32. The van der Waals surface area contributed by atoms with Crippen LogP contribution in [0.15, 0.2) is 60.7 Å². The summed E-state index contributed by atoms with van der Waals surface area (Å²) in [6.45, 7) is 2.04. The second-order valence-electron chi connectivity index (χ2n) is 5.19. The van der Waals surface area contributed by atoms with Gasteiger partial charge < -0.3 is 9.84 Å². The molecule has 3 aromatic carbocycles. The van der Waals surface area contributed by atoms with Gasteiger partial charge in [-0.15, -0.1) is 0 Å². The van der Waals surface area contributed by atoms with Crippen molar-refractivity contribution in [2.45, 2.75) is 13.0 Å². The maximum atomic E-state index is 10.8. The Kier molecular flexibility index (Phi) is 3.63. The third-order valence-electron chi connectivity index (χ3n) is 3.89. The van der Waals surface area contributed by atoms with Crippen molar-refractivity contribution in [1.82, 2.24) is 0 Å². The van der Waals surface area contributed by atoms with Gasteiger partial charge in [0, 0.05) is 0 Å². The molecular weight excluding hydrogens is 260 g/mol. The molecular formula is C19H18O2. The van der Waals surface area contributed by atoms with Crippen LogP contribution in [0.3, 0.4) is 0 Å². The molecule has 2 heteroatoms. The van der Waals surface area contributed by atoms with Gasteiger partial charge in [-0.3, -0.25) is 0 Å². The zero-order chi connectivity index (χ0) is 14.8. The van der Waals surface area contributed by atoms with Crippen LogP contribution in [0.5, 0.6) is 5.75 Å². The van der Waals surface area contributed by atoms with E-state index >= 15 is 0 Å². The molecule has 0 amide bonds. The molecule has 3 aromatic rings.